The Kier molecular flexibility index (Phi) is 3.22. The van der Waals surface area contributed by atoms with E-state index in [2.05, 4.69) is 9.89 Å². The predicted molar refractivity (Wildman–Crippen MR) is 41.4 cm³/mol. The maximum atomic E-state index is 5.18. The van der Waals surface area contributed by atoms with Crippen LogP contribution in [-0.4, -0.2) is 44.1 Å². The molecule has 0 amide bonds. The van der Waals surface area contributed by atoms with E-state index < -0.39 is 0 Å². The monoisotopic (exact) mass is 142 g/mol. The second kappa shape index (κ2) is 4.28. The van der Waals surface area contributed by atoms with E-state index in [9.17, 15) is 0 Å². The molecule has 0 radical (unpaired) electrons. The molecule has 1 heterocycles. The van der Waals surface area contributed by atoms with E-state index in [1.54, 1.807) is 0 Å². The van der Waals surface area contributed by atoms with E-state index in [-0.39, 0.29) is 0 Å². The van der Waals surface area contributed by atoms with Crippen LogP contribution in [-0.2, 0) is 4.74 Å². The van der Waals surface area contributed by atoms with Crippen LogP contribution in [0.2, 0.25) is 0 Å². The summed E-state index contributed by atoms with van der Waals surface area (Å²) in [5.41, 5.74) is 0. The van der Waals surface area contributed by atoms with Gasteiger partial charge in [0.1, 0.15) is 0 Å². The molecule has 0 saturated carbocycles. The van der Waals surface area contributed by atoms with Crippen molar-refractivity contribution >= 4 is 6.34 Å². The van der Waals surface area contributed by atoms with Gasteiger partial charge in [-0.25, -0.2) is 0 Å². The molecule has 1 fully saturated rings. The van der Waals surface area contributed by atoms with Gasteiger partial charge < -0.3 is 9.64 Å². The average molecular weight is 142 g/mol. The Hall–Kier alpha value is -0.570. The summed E-state index contributed by atoms with van der Waals surface area (Å²) in [5.74, 6) is 0. The molecule has 0 aromatic heterocycles. The highest BCUT2D eigenvalue weighted by Gasteiger charge is 2.04. The molecule has 0 spiro atoms. The molecule has 1 saturated heterocycles. The summed E-state index contributed by atoms with van der Waals surface area (Å²) >= 11 is 0. The first-order valence-corrected chi connectivity index (χ1v) is 3.75. The van der Waals surface area contributed by atoms with Gasteiger partial charge in [0.05, 0.1) is 19.6 Å². The van der Waals surface area contributed by atoms with Gasteiger partial charge in [-0.1, -0.05) is 0 Å². The zero-order valence-electron chi connectivity index (χ0n) is 6.42. The lowest BCUT2D eigenvalue weighted by atomic mass is 10.5. The Balaban J connectivity index is 2.19. The van der Waals surface area contributed by atoms with Gasteiger partial charge in [0, 0.05) is 19.6 Å². The highest BCUT2D eigenvalue weighted by Crippen LogP contribution is 1.92. The van der Waals surface area contributed by atoms with Gasteiger partial charge in [-0.15, -0.1) is 0 Å². The Morgan fingerprint density at radius 1 is 1.50 bits per heavy atom. The first-order chi connectivity index (χ1) is 4.93. The summed E-state index contributed by atoms with van der Waals surface area (Å²) in [6.45, 7) is 6.58. The fourth-order valence-corrected chi connectivity index (χ4v) is 0.890. The Morgan fingerprint density at radius 2 is 2.20 bits per heavy atom. The van der Waals surface area contributed by atoms with Crippen LogP contribution in [0.15, 0.2) is 4.99 Å². The Morgan fingerprint density at radius 3 is 2.80 bits per heavy atom. The van der Waals surface area contributed by atoms with Crippen molar-refractivity contribution in [2.45, 2.75) is 6.92 Å². The van der Waals surface area contributed by atoms with Crippen molar-refractivity contribution in [1.82, 2.24) is 4.90 Å². The number of rotatable bonds is 2. The summed E-state index contributed by atoms with van der Waals surface area (Å²) in [5, 5.41) is 0. The third-order valence-electron chi connectivity index (χ3n) is 1.47. The Bertz CT molecular complexity index is 108. The smallest absolute Gasteiger partial charge is 0.0851 e. The van der Waals surface area contributed by atoms with E-state index in [0.717, 1.165) is 32.8 Å². The van der Waals surface area contributed by atoms with E-state index in [4.69, 9.17) is 4.74 Å². The second-order valence-corrected chi connectivity index (χ2v) is 2.26. The molecule has 0 unspecified atom stereocenters. The van der Waals surface area contributed by atoms with Gasteiger partial charge in [0.25, 0.3) is 0 Å². The van der Waals surface area contributed by atoms with Gasteiger partial charge in [-0.2, -0.15) is 0 Å². The SMILES string of the molecule is CCN=CN1CCOCC1. The highest BCUT2D eigenvalue weighted by molar-refractivity contribution is 5.54. The average Bonchev–Trinajstić information content (AvgIpc) is 2.03. The van der Waals surface area contributed by atoms with Crippen molar-refractivity contribution in [3.63, 3.8) is 0 Å². The van der Waals surface area contributed by atoms with Crippen LogP contribution in [0.3, 0.4) is 0 Å². The lowest BCUT2D eigenvalue weighted by molar-refractivity contribution is 0.0700. The molecule has 1 aliphatic heterocycles. The van der Waals surface area contributed by atoms with Crippen LogP contribution < -0.4 is 0 Å². The molecule has 0 aliphatic carbocycles. The number of hydrogen-bond donors (Lipinski definition) is 0. The van der Waals surface area contributed by atoms with Crippen LogP contribution in [0.5, 0.6) is 0 Å². The van der Waals surface area contributed by atoms with Crippen LogP contribution in [0.1, 0.15) is 6.92 Å². The molecular formula is C7H14N2O. The largest absolute Gasteiger partial charge is 0.378 e. The van der Waals surface area contributed by atoms with Crippen LogP contribution in [0.4, 0.5) is 0 Å². The van der Waals surface area contributed by atoms with Crippen molar-refractivity contribution in [2.75, 3.05) is 32.8 Å². The minimum atomic E-state index is 0.843. The van der Waals surface area contributed by atoms with Crippen LogP contribution in [0, 0.1) is 0 Å². The molecule has 1 aliphatic rings. The molecular weight excluding hydrogens is 128 g/mol. The number of ether oxygens (including phenoxy) is 1. The van der Waals surface area contributed by atoms with Gasteiger partial charge in [0.2, 0.25) is 0 Å². The van der Waals surface area contributed by atoms with Crippen molar-refractivity contribution < 1.29 is 4.74 Å². The zero-order valence-corrected chi connectivity index (χ0v) is 6.42. The number of nitrogens with zero attached hydrogens (tertiary/aromatic N) is 2. The lowest BCUT2D eigenvalue weighted by Crippen LogP contribution is -2.35. The summed E-state index contributed by atoms with van der Waals surface area (Å²) in [4.78, 5) is 6.33. The third kappa shape index (κ3) is 2.35. The molecule has 0 atom stereocenters. The molecule has 0 aromatic carbocycles. The van der Waals surface area contributed by atoms with Gasteiger partial charge in [-0.3, -0.25) is 4.99 Å². The fourth-order valence-electron chi connectivity index (χ4n) is 0.890. The number of aliphatic imine (C=N–C) groups is 1. The molecule has 3 nitrogen and oxygen atoms in total. The van der Waals surface area contributed by atoms with E-state index in [0.29, 0.717) is 0 Å². The van der Waals surface area contributed by atoms with Crippen molar-refractivity contribution in [3.8, 4) is 0 Å². The standard InChI is InChI=1S/C7H14N2O/c1-2-8-7-9-3-5-10-6-4-9/h7H,2-6H2,1H3. The number of morpholine rings is 1. The van der Waals surface area contributed by atoms with Crippen molar-refractivity contribution in [1.29, 1.82) is 0 Å². The van der Waals surface area contributed by atoms with Crippen LogP contribution >= 0.6 is 0 Å². The molecule has 10 heavy (non-hydrogen) atoms. The minimum absolute atomic E-state index is 0.843. The number of hydrogen-bond acceptors (Lipinski definition) is 2. The molecule has 1 rings (SSSR count). The van der Waals surface area contributed by atoms with Gasteiger partial charge in [0.15, 0.2) is 0 Å². The van der Waals surface area contributed by atoms with E-state index in [1.807, 2.05) is 13.3 Å². The first kappa shape index (κ1) is 7.54. The molecule has 0 N–H and O–H groups in total. The van der Waals surface area contributed by atoms with E-state index in [1.165, 1.54) is 0 Å². The van der Waals surface area contributed by atoms with E-state index >= 15 is 0 Å². The normalized spacial score (nSPS) is 20.3. The first-order valence-electron chi connectivity index (χ1n) is 3.75. The third-order valence-corrected chi connectivity index (χ3v) is 1.47. The summed E-state index contributed by atoms with van der Waals surface area (Å²) < 4.78 is 5.18. The zero-order chi connectivity index (χ0) is 7.23. The molecule has 0 bridgehead atoms. The van der Waals surface area contributed by atoms with Crippen molar-refractivity contribution in [3.05, 3.63) is 0 Å². The minimum Gasteiger partial charge on any atom is -0.378 e. The summed E-state index contributed by atoms with van der Waals surface area (Å²) in [7, 11) is 0. The highest BCUT2D eigenvalue weighted by atomic mass is 16.5. The topological polar surface area (TPSA) is 24.8 Å². The molecule has 58 valence electrons. The molecule has 3 heteroatoms. The predicted octanol–water partition coefficient (Wildman–Crippen LogP) is 0.367. The summed E-state index contributed by atoms with van der Waals surface area (Å²) in [6, 6.07) is 0. The summed E-state index contributed by atoms with van der Waals surface area (Å²) in [6.07, 6.45) is 1.92. The molecule has 0 aromatic rings. The maximum Gasteiger partial charge on any atom is 0.0851 e. The maximum absolute atomic E-state index is 5.18. The second-order valence-electron chi connectivity index (χ2n) is 2.26. The van der Waals surface area contributed by atoms with Gasteiger partial charge in [-0.05, 0) is 6.92 Å². The fraction of sp³-hybridized carbons (Fsp3) is 0.857. The Labute approximate surface area is 61.7 Å². The van der Waals surface area contributed by atoms with Gasteiger partial charge >= 0.3 is 0 Å². The quantitative estimate of drug-likeness (QED) is 0.411. The van der Waals surface area contributed by atoms with Crippen LogP contribution in [0.25, 0.3) is 0 Å². The van der Waals surface area contributed by atoms with Crippen molar-refractivity contribution in [2.24, 2.45) is 4.99 Å². The lowest BCUT2D eigenvalue weighted by Gasteiger charge is -2.23.